The number of fused-ring (bicyclic) bond motifs is 1. The van der Waals surface area contributed by atoms with Gasteiger partial charge in [0, 0.05) is 25.3 Å². The number of carboxylic acids is 1. The van der Waals surface area contributed by atoms with Gasteiger partial charge < -0.3 is 20.7 Å². The number of aliphatic carboxylic acids is 1. The number of nitrogens with zero attached hydrogens (tertiary/aromatic N) is 2. The number of carbonyl (C=O) groups is 1. The number of aromatic amines is 1. The minimum Gasteiger partial charge on any atom is -0.481 e. The predicted molar refractivity (Wildman–Crippen MR) is 69.6 cm³/mol. The molecule has 0 aliphatic carbocycles. The van der Waals surface area contributed by atoms with Gasteiger partial charge in [-0.3, -0.25) is 4.79 Å². The van der Waals surface area contributed by atoms with Crippen molar-refractivity contribution < 1.29 is 9.90 Å². The number of H-pyrrole nitrogens is 1. The molecule has 18 heavy (non-hydrogen) atoms. The van der Waals surface area contributed by atoms with E-state index in [1.807, 2.05) is 30.1 Å². The molecule has 4 N–H and O–H groups in total. The van der Waals surface area contributed by atoms with Crippen molar-refractivity contribution in [3.8, 4) is 0 Å². The van der Waals surface area contributed by atoms with Gasteiger partial charge in [0.2, 0.25) is 0 Å². The summed E-state index contributed by atoms with van der Waals surface area (Å²) in [6, 6.07) is 5.44. The van der Waals surface area contributed by atoms with Crippen LogP contribution in [-0.4, -0.2) is 40.7 Å². The maximum atomic E-state index is 10.6. The van der Waals surface area contributed by atoms with E-state index in [4.69, 9.17) is 10.8 Å². The molecule has 0 spiro atoms. The Morgan fingerprint density at radius 3 is 3.11 bits per heavy atom. The van der Waals surface area contributed by atoms with E-state index >= 15 is 0 Å². The van der Waals surface area contributed by atoms with Crippen LogP contribution >= 0.6 is 0 Å². The Balaban J connectivity index is 2.07. The number of carboxylic acid groups (broad SMARTS) is 1. The lowest BCUT2D eigenvalue weighted by molar-refractivity contribution is -0.137. The number of benzene rings is 1. The minimum absolute atomic E-state index is 0.0311. The molecule has 6 heteroatoms. The van der Waals surface area contributed by atoms with Gasteiger partial charge in [0.25, 0.3) is 0 Å². The smallest absolute Gasteiger partial charge is 0.304 e. The number of aromatic nitrogens is 2. The number of likely N-dealkylation sites (N-methyl/N-ethyl adjacent to an activating group) is 1. The van der Waals surface area contributed by atoms with Crippen LogP contribution in [0, 0.1) is 0 Å². The molecule has 2 aromatic rings. The molecule has 0 radical (unpaired) electrons. The van der Waals surface area contributed by atoms with Crippen molar-refractivity contribution in [1.29, 1.82) is 0 Å². The molecule has 1 aromatic carbocycles. The van der Waals surface area contributed by atoms with Crippen LogP contribution in [0.1, 0.15) is 6.42 Å². The number of hydrogen-bond donors (Lipinski definition) is 3. The molecule has 0 aliphatic rings. The lowest BCUT2D eigenvalue weighted by atomic mass is 10.2. The summed E-state index contributed by atoms with van der Waals surface area (Å²) in [4.78, 5) is 19.7. The standard InChI is InChI=1S/C12H16N4O2/c1-16(6-8(13)4-12(17)18)9-2-3-10-11(5-9)15-7-14-10/h2-3,5,7-8H,4,6,13H2,1H3,(H,14,15)(H,17,18). The maximum Gasteiger partial charge on any atom is 0.304 e. The SMILES string of the molecule is CN(CC(N)CC(=O)O)c1ccc2nc[nH]c2c1. The van der Waals surface area contributed by atoms with E-state index in [1.54, 1.807) is 6.33 Å². The van der Waals surface area contributed by atoms with Crippen LogP contribution in [-0.2, 0) is 4.79 Å². The molecule has 1 unspecified atom stereocenters. The first kappa shape index (κ1) is 12.4. The first-order chi connectivity index (χ1) is 8.56. The second-order valence-corrected chi connectivity index (χ2v) is 4.34. The summed E-state index contributed by atoms with van der Waals surface area (Å²) in [5.41, 5.74) is 8.60. The van der Waals surface area contributed by atoms with Crippen LogP contribution in [0.5, 0.6) is 0 Å². The molecular weight excluding hydrogens is 232 g/mol. The van der Waals surface area contributed by atoms with Crippen molar-refractivity contribution in [2.45, 2.75) is 12.5 Å². The molecule has 0 saturated carbocycles. The Bertz CT molecular complexity index is 552. The van der Waals surface area contributed by atoms with E-state index in [0.717, 1.165) is 16.7 Å². The number of nitrogens with one attached hydrogen (secondary N) is 1. The molecule has 2 rings (SSSR count). The van der Waals surface area contributed by atoms with Crippen molar-refractivity contribution in [3.63, 3.8) is 0 Å². The Morgan fingerprint density at radius 1 is 1.61 bits per heavy atom. The van der Waals surface area contributed by atoms with E-state index in [1.165, 1.54) is 0 Å². The fraction of sp³-hybridized carbons (Fsp3) is 0.333. The third-order valence-corrected chi connectivity index (χ3v) is 2.79. The molecule has 6 nitrogen and oxygen atoms in total. The van der Waals surface area contributed by atoms with Gasteiger partial charge in [-0.25, -0.2) is 4.98 Å². The summed E-state index contributed by atoms with van der Waals surface area (Å²) >= 11 is 0. The lowest BCUT2D eigenvalue weighted by Gasteiger charge is -2.22. The average molecular weight is 248 g/mol. The van der Waals surface area contributed by atoms with E-state index in [0.29, 0.717) is 6.54 Å². The maximum absolute atomic E-state index is 10.6. The summed E-state index contributed by atoms with van der Waals surface area (Å²) in [5, 5.41) is 8.67. The van der Waals surface area contributed by atoms with Gasteiger partial charge in [-0.1, -0.05) is 0 Å². The minimum atomic E-state index is -0.875. The van der Waals surface area contributed by atoms with Crippen molar-refractivity contribution in [3.05, 3.63) is 24.5 Å². The van der Waals surface area contributed by atoms with E-state index in [-0.39, 0.29) is 12.5 Å². The van der Waals surface area contributed by atoms with Crippen molar-refractivity contribution in [1.82, 2.24) is 9.97 Å². The molecule has 0 aliphatic heterocycles. The Kier molecular flexibility index (Phi) is 3.47. The van der Waals surface area contributed by atoms with Crippen molar-refractivity contribution >= 4 is 22.7 Å². The van der Waals surface area contributed by atoms with Crippen molar-refractivity contribution in [2.24, 2.45) is 5.73 Å². The van der Waals surface area contributed by atoms with E-state index in [2.05, 4.69) is 9.97 Å². The predicted octanol–water partition coefficient (Wildman–Crippen LogP) is 0.801. The fourth-order valence-corrected chi connectivity index (χ4v) is 1.91. The van der Waals surface area contributed by atoms with Crippen molar-refractivity contribution in [2.75, 3.05) is 18.5 Å². The van der Waals surface area contributed by atoms with Crippen LogP contribution in [0.3, 0.4) is 0 Å². The van der Waals surface area contributed by atoms with Crippen LogP contribution < -0.4 is 10.6 Å². The van der Waals surface area contributed by atoms with Gasteiger partial charge in [-0.2, -0.15) is 0 Å². The third-order valence-electron chi connectivity index (χ3n) is 2.79. The second kappa shape index (κ2) is 5.05. The van der Waals surface area contributed by atoms with E-state index < -0.39 is 5.97 Å². The third kappa shape index (κ3) is 2.78. The fourth-order valence-electron chi connectivity index (χ4n) is 1.91. The van der Waals surface area contributed by atoms with Gasteiger partial charge in [0.15, 0.2) is 0 Å². The zero-order valence-electron chi connectivity index (χ0n) is 10.1. The largest absolute Gasteiger partial charge is 0.481 e. The lowest BCUT2D eigenvalue weighted by Crippen LogP contribution is -2.36. The normalized spacial score (nSPS) is 12.6. The Labute approximate surface area is 104 Å². The van der Waals surface area contributed by atoms with E-state index in [9.17, 15) is 4.79 Å². The average Bonchev–Trinajstić information content (AvgIpc) is 2.74. The molecule has 96 valence electrons. The molecule has 0 bridgehead atoms. The van der Waals surface area contributed by atoms with Crippen LogP contribution in [0.4, 0.5) is 5.69 Å². The highest BCUT2D eigenvalue weighted by Gasteiger charge is 2.11. The quantitative estimate of drug-likeness (QED) is 0.727. The molecule has 1 atom stereocenters. The zero-order chi connectivity index (χ0) is 13.1. The van der Waals surface area contributed by atoms with Gasteiger partial charge in [-0.15, -0.1) is 0 Å². The summed E-state index contributed by atoms with van der Waals surface area (Å²) in [7, 11) is 1.89. The number of rotatable bonds is 5. The molecular formula is C12H16N4O2. The summed E-state index contributed by atoms with van der Waals surface area (Å²) in [6.07, 6.45) is 1.61. The summed E-state index contributed by atoms with van der Waals surface area (Å²) < 4.78 is 0. The Hall–Kier alpha value is -2.08. The number of imidazole rings is 1. The van der Waals surface area contributed by atoms with Crippen LogP contribution in [0.25, 0.3) is 11.0 Å². The first-order valence-electron chi connectivity index (χ1n) is 5.68. The molecule has 0 amide bonds. The topological polar surface area (TPSA) is 95.2 Å². The van der Waals surface area contributed by atoms with Crippen LogP contribution in [0.2, 0.25) is 0 Å². The zero-order valence-corrected chi connectivity index (χ0v) is 10.1. The molecule has 0 fully saturated rings. The van der Waals surface area contributed by atoms with Crippen LogP contribution in [0.15, 0.2) is 24.5 Å². The van der Waals surface area contributed by atoms with Gasteiger partial charge in [-0.05, 0) is 18.2 Å². The molecule has 0 saturated heterocycles. The number of anilines is 1. The number of nitrogens with two attached hydrogens (primary N) is 1. The monoisotopic (exact) mass is 248 g/mol. The highest BCUT2D eigenvalue weighted by molar-refractivity contribution is 5.79. The molecule has 1 aromatic heterocycles. The number of hydrogen-bond acceptors (Lipinski definition) is 4. The highest BCUT2D eigenvalue weighted by Crippen LogP contribution is 2.18. The summed E-state index contributed by atoms with van der Waals surface area (Å²) in [6.45, 7) is 0.492. The van der Waals surface area contributed by atoms with Gasteiger partial charge in [0.05, 0.1) is 23.8 Å². The summed E-state index contributed by atoms with van der Waals surface area (Å²) in [5.74, 6) is -0.875. The van der Waals surface area contributed by atoms with Gasteiger partial charge in [0.1, 0.15) is 0 Å². The molecule has 1 heterocycles. The van der Waals surface area contributed by atoms with Gasteiger partial charge >= 0.3 is 5.97 Å². The highest BCUT2D eigenvalue weighted by atomic mass is 16.4. The first-order valence-corrected chi connectivity index (χ1v) is 5.68. The second-order valence-electron chi connectivity index (χ2n) is 4.34. The Morgan fingerprint density at radius 2 is 2.39 bits per heavy atom.